The molecule has 218 valence electrons. The van der Waals surface area contributed by atoms with Crippen LogP contribution in [0, 0.1) is 6.92 Å². The van der Waals surface area contributed by atoms with Crippen LogP contribution in [0.25, 0.3) is 33.3 Å². The largest absolute Gasteiger partial charge is 0.465 e. The highest BCUT2D eigenvalue weighted by atomic mass is 35.5. The molecule has 5 heterocycles. The van der Waals surface area contributed by atoms with Crippen molar-refractivity contribution in [3.8, 4) is 11.3 Å². The summed E-state index contributed by atoms with van der Waals surface area (Å²) in [5.74, 6) is 0.836. The molecule has 6 rings (SSSR count). The van der Waals surface area contributed by atoms with Gasteiger partial charge in [0, 0.05) is 57.0 Å². The number of aryl methyl sites for hydroxylation is 2. The summed E-state index contributed by atoms with van der Waals surface area (Å²) in [6.07, 6.45) is 4.47. The van der Waals surface area contributed by atoms with Crippen LogP contribution < -0.4 is 10.2 Å². The van der Waals surface area contributed by atoms with Crippen LogP contribution in [0.2, 0.25) is 30.7 Å². The minimum Gasteiger partial charge on any atom is -0.465 e. The molecule has 2 aliphatic heterocycles. The molecule has 11 nitrogen and oxygen atoms in total. The molecule has 0 radical (unpaired) electrons. The van der Waals surface area contributed by atoms with Crippen molar-refractivity contribution in [2.75, 3.05) is 11.5 Å². The van der Waals surface area contributed by atoms with E-state index in [0.29, 0.717) is 28.5 Å². The van der Waals surface area contributed by atoms with Crippen LogP contribution in [0.3, 0.4) is 0 Å². The highest BCUT2D eigenvalue weighted by molar-refractivity contribution is 6.76. The van der Waals surface area contributed by atoms with Crippen LogP contribution in [0.4, 0.5) is 10.6 Å². The number of carboxylic acid groups (broad SMARTS) is 1. The third-order valence-corrected chi connectivity index (χ3v) is 10.3. The maximum atomic E-state index is 11.3. The molecule has 1 aromatic carbocycles. The fourth-order valence-electron chi connectivity index (χ4n) is 6.28. The Hall–Kier alpha value is -3.22. The van der Waals surface area contributed by atoms with Crippen LogP contribution in [-0.4, -0.2) is 73.5 Å². The number of ether oxygens (including phenoxy) is 1. The molecule has 2 N–H and O–H groups in total. The minimum absolute atomic E-state index is 0.0420. The van der Waals surface area contributed by atoms with Gasteiger partial charge in [0.15, 0.2) is 11.5 Å². The zero-order chi connectivity index (χ0) is 29.1. The molecule has 2 bridgehead atoms. The summed E-state index contributed by atoms with van der Waals surface area (Å²) in [5.41, 5.74) is 4.42. The van der Waals surface area contributed by atoms with Gasteiger partial charge in [-0.25, -0.2) is 19.4 Å². The Kier molecular flexibility index (Phi) is 7.19. The molecule has 2 unspecified atom stereocenters. The molecule has 13 heteroatoms. The zero-order valence-corrected chi connectivity index (χ0v) is 25.9. The van der Waals surface area contributed by atoms with Gasteiger partial charge in [-0.05, 0) is 50.8 Å². The Morgan fingerprint density at radius 2 is 1.90 bits per heavy atom. The van der Waals surface area contributed by atoms with E-state index >= 15 is 0 Å². The van der Waals surface area contributed by atoms with Crippen LogP contribution in [-0.2, 0) is 18.5 Å². The van der Waals surface area contributed by atoms with E-state index < -0.39 is 14.2 Å². The summed E-state index contributed by atoms with van der Waals surface area (Å²) in [7, 11) is 0.629. The first-order chi connectivity index (χ1) is 19.5. The molecule has 3 aromatic heterocycles. The van der Waals surface area contributed by atoms with Gasteiger partial charge in [-0.2, -0.15) is 10.2 Å². The molecule has 4 aromatic rings. The number of halogens is 1. The maximum Gasteiger partial charge on any atom is 0.404 e. The van der Waals surface area contributed by atoms with Gasteiger partial charge in [-0.3, -0.25) is 4.68 Å². The average molecular weight is 597 g/mol. The van der Waals surface area contributed by atoms with Gasteiger partial charge in [0.1, 0.15) is 17.9 Å². The summed E-state index contributed by atoms with van der Waals surface area (Å²) in [6, 6.07) is 5.33. The van der Waals surface area contributed by atoms with Gasteiger partial charge in [0.05, 0.1) is 16.2 Å². The quantitative estimate of drug-likeness (QED) is 0.204. The number of hydrogen-bond acceptors (Lipinski definition) is 7. The number of hydrogen-bond donors (Lipinski definition) is 2. The molecule has 2 saturated heterocycles. The van der Waals surface area contributed by atoms with E-state index in [9.17, 15) is 9.90 Å². The smallest absolute Gasteiger partial charge is 0.404 e. The number of benzene rings is 1. The summed E-state index contributed by atoms with van der Waals surface area (Å²) in [4.78, 5) is 23.9. The molecule has 41 heavy (non-hydrogen) atoms. The van der Waals surface area contributed by atoms with Crippen molar-refractivity contribution in [1.29, 1.82) is 0 Å². The van der Waals surface area contributed by atoms with Crippen LogP contribution in [0.1, 0.15) is 31.4 Å². The van der Waals surface area contributed by atoms with Crippen molar-refractivity contribution < 1.29 is 14.6 Å². The highest BCUT2D eigenvalue weighted by Gasteiger charge is 2.43. The lowest BCUT2D eigenvalue weighted by atomic mass is 9.97. The molecular formula is C28H37ClN8O3Si. The summed E-state index contributed by atoms with van der Waals surface area (Å²) in [6.45, 7) is 9.91. The number of amides is 1. The lowest BCUT2D eigenvalue weighted by Crippen LogP contribution is -2.50. The Bertz CT molecular complexity index is 1620. The number of nitrogens with zero attached hydrogens (tertiary/aromatic N) is 7. The number of nitrogens with one attached hydrogen (secondary N) is 1. The maximum absolute atomic E-state index is 11.3. The molecule has 1 amide bonds. The molecule has 2 atom stereocenters. The third kappa shape index (κ3) is 5.40. The van der Waals surface area contributed by atoms with Gasteiger partial charge in [0.25, 0.3) is 0 Å². The van der Waals surface area contributed by atoms with E-state index in [1.54, 1.807) is 9.36 Å². The first-order valence-corrected chi connectivity index (χ1v) is 18.3. The predicted molar refractivity (Wildman–Crippen MR) is 162 cm³/mol. The number of aromatic nitrogens is 6. The number of rotatable bonds is 8. The first kappa shape index (κ1) is 27.9. The summed E-state index contributed by atoms with van der Waals surface area (Å²) in [5, 5.41) is 22.8. The van der Waals surface area contributed by atoms with Crippen molar-refractivity contribution in [1.82, 2.24) is 34.8 Å². The average Bonchev–Trinajstić information content (AvgIpc) is 3.52. The van der Waals surface area contributed by atoms with E-state index in [4.69, 9.17) is 31.4 Å². The van der Waals surface area contributed by atoms with Gasteiger partial charge < -0.3 is 20.1 Å². The van der Waals surface area contributed by atoms with Crippen LogP contribution >= 0.6 is 11.6 Å². The normalized spacial score (nSPS) is 20.8. The second-order valence-electron chi connectivity index (χ2n) is 12.6. The second-order valence-corrected chi connectivity index (χ2v) is 18.6. The monoisotopic (exact) mass is 596 g/mol. The zero-order valence-electron chi connectivity index (χ0n) is 24.2. The van der Waals surface area contributed by atoms with Crippen molar-refractivity contribution in [2.45, 2.75) is 83.1 Å². The Balaban J connectivity index is 1.41. The lowest BCUT2D eigenvalue weighted by Gasteiger charge is -2.40. The van der Waals surface area contributed by atoms with Crippen molar-refractivity contribution >= 4 is 53.7 Å². The van der Waals surface area contributed by atoms with Crippen molar-refractivity contribution in [2.24, 2.45) is 7.05 Å². The molecule has 0 aliphatic carbocycles. The SMILES string of the molecule is Cc1nc2c(-c3ccc4nn(C)cc4c3Cl)nn(COCC[Si](C)(C)C)c2nc1N1C2CCC1CC(NC(=O)O)C2. The highest BCUT2D eigenvalue weighted by Crippen LogP contribution is 2.41. The number of anilines is 1. The van der Waals surface area contributed by atoms with E-state index in [0.717, 1.165) is 59.7 Å². The Morgan fingerprint density at radius 3 is 2.59 bits per heavy atom. The van der Waals surface area contributed by atoms with Gasteiger partial charge in [-0.15, -0.1) is 0 Å². The lowest BCUT2D eigenvalue weighted by molar-refractivity contribution is 0.0814. The van der Waals surface area contributed by atoms with E-state index in [1.165, 1.54) is 0 Å². The molecule has 2 fully saturated rings. The van der Waals surface area contributed by atoms with Gasteiger partial charge >= 0.3 is 6.09 Å². The summed E-state index contributed by atoms with van der Waals surface area (Å²) < 4.78 is 9.68. The minimum atomic E-state index is -1.25. The van der Waals surface area contributed by atoms with Gasteiger partial charge in [0.2, 0.25) is 0 Å². The van der Waals surface area contributed by atoms with Crippen molar-refractivity contribution in [3.63, 3.8) is 0 Å². The van der Waals surface area contributed by atoms with E-state index in [2.05, 4.69) is 35.0 Å². The predicted octanol–water partition coefficient (Wildman–Crippen LogP) is 5.42. The Labute approximate surface area is 244 Å². The fourth-order valence-corrected chi connectivity index (χ4v) is 7.33. The molecular weight excluding hydrogens is 560 g/mol. The van der Waals surface area contributed by atoms with Gasteiger partial charge in [-0.1, -0.05) is 31.2 Å². The number of carbonyl (C=O) groups is 1. The van der Waals surface area contributed by atoms with Crippen molar-refractivity contribution in [3.05, 3.63) is 29.0 Å². The molecule has 2 aliphatic rings. The van der Waals surface area contributed by atoms with Crippen LogP contribution in [0.15, 0.2) is 18.3 Å². The molecule has 0 spiro atoms. The molecule has 0 saturated carbocycles. The number of fused-ring (bicyclic) bond motifs is 4. The second kappa shape index (κ2) is 10.6. The number of piperidine rings is 1. The fraction of sp³-hybridized carbons (Fsp3) is 0.536. The Morgan fingerprint density at radius 1 is 1.17 bits per heavy atom. The summed E-state index contributed by atoms with van der Waals surface area (Å²) >= 11 is 6.93. The van der Waals surface area contributed by atoms with E-state index in [-0.39, 0.29) is 24.9 Å². The van der Waals surface area contributed by atoms with Crippen LogP contribution in [0.5, 0.6) is 0 Å². The van der Waals surface area contributed by atoms with E-state index in [1.807, 2.05) is 32.3 Å². The standard InChI is InChI=1S/C28H37ClN8O3Si/c1-16-26(37-18-6-7-19(37)13-17(12-18)31-28(38)39)32-27-25(30-16)24(34-36(27)15-40-10-11-41(3,4)5)20-8-9-22-21(23(20)29)14-35(2)33-22/h8-9,14,17-19,31H,6-7,10-13,15H2,1-5H3,(H,38,39). The third-order valence-electron chi connectivity index (χ3n) is 8.22. The first-order valence-electron chi connectivity index (χ1n) is 14.2. The topological polar surface area (TPSA) is 123 Å².